The molecule has 0 N–H and O–H groups in total. The van der Waals surface area contributed by atoms with Crippen LogP contribution in [-0.4, -0.2) is 56.1 Å². The van der Waals surface area contributed by atoms with Crippen LogP contribution in [0.4, 0.5) is 5.69 Å². The van der Waals surface area contributed by atoms with Crippen molar-refractivity contribution >= 4 is 21.4 Å². The number of hydrogen-bond donors (Lipinski definition) is 0. The van der Waals surface area contributed by atoms with Gasteiger partial charge in [-0.2, -0.15) is 0 Å². The largest absolute Gasteiger partial charge is 0.369 e. The van der Waals surface area contributed by atoms with Crippen molar-refractivity contribution in [2.45, 2.75) is 19.8 Å². The lowest BCUT2D eigenvalue weighted by Gasteiger charge is -2.25. The minimum atomic E-state index is -3.09. The van der Waals surface area contributed by atoms with E-state index in [1.807, 2.05) is 24.1 Å². The monoisotopic (exact) mass is 349 g/mol. The molecule has 0 bridgehead atoms. The van der Waals surface area contributed by atoms with Crippen molar-refractivity contribution < 1.29 is 13.2 Å². The fourth-order valence-electron chi connectivity index (χ4n) is 3.35. The molecular weight excluding hydrogens is 326 g/mol. The fraction of sp³-hybridized carbons (Fsp3) is 0.529. The van der Waals surface area contributed by atoms with Crippen molar-refractivity contribution in [3.05, 3.63) is 35.5 Å². The second-order valence-electron chi connectivity index (χ2n) is 6.51. The van der Waals surface area contributed by atoms with Gasteiger partial charge in [0.2, 0.25) is 5.91 Å². The number of hydrogen-bond acceptors (Lipinski definition) is 5. The van der Waals surface area contributed by atoms with Crippen LogP contribution in [0, 0.1) is 12.8 Å². The molecule has 1 amide bonds. The Hall–Kier alpha value is -1.89. The van der Waals surface area contributed by atoms with Gasteiger partial charge < -0.3 is 9.80 Å². The Morgan fingerprint density at radius 3 is 2.83 bits per heavy atom. The summed E-state index contributed by atoms with van der Waals surface area (Å²) in [5.41, 5.74) is 2.31. The first-order valence-electron chi connectivity index (χ1n) is 8.29. The number of carbonyl (C=O) groups excluding carboxylic acids is 1. The maximum atomic E-state index is 12.5. The van der Waals surface area contributed by atoms with Gasteiger partial charge in [-0.3, -0.25) is 9.78 Å². The highest BCUT2D eigenvalue weighted by Gasteiger charge is 2.27. The Balaban J connectivity index is 1.58. The molecule has 2 aliphatic rings. The van der Waals surface area contributed by atoms with Gasteiger partial charge in [0, 0.05) is 62.0 Å². The maximum absolute atomic E-state index is 12.5. The number of aryl methyl sites for hydroxylation is 1. The Bertz CT molecular complexity index is 745. The number of sulfone groups is 1. The number of allylic oxidation sites excluding steroid dienone is 1. The van der Waals surface area contributed by atoms with Crippen molar-refractivity contribution in [3.8, 4) is 0 Å². The molecule has 0 radical (unpaired) electrons. The third-order valence-electron chi connectivity index (χ3n) is 4.62. The predicted octanol–water partition coefficient (Wildman–Crippen LogP) is 1.38. The SMILES string of the molecule is Cc1cnccc1N1CCCN(C(=O)CC2C=CS(=O)(=O)C2)CC1. The highest BCUT2D eigenvalue weighted by atomic mass is 32.2. The molecule has 6 nitrogen and oxygen atoms in total. The average Bonchev–Trinajstić information content (AvgIpc) is 2.75. The van der Waals surface area contributed by atoms with Gasteiger partial charge in [0.15, 0.2) is 9.84 Å². The smallest absolute Gasteiger partial charge is 0.223 e. The maximum Gasteiger partial charge on any atom is 0.223 e. The molecule has 7 heteroatoms. The first-order chi connectivity index (χ1) is 11.4. The summed E-state index contributed by atoms with van der Waals surface area (Å²) in [6.07, 6.45) is 6.49. The zero-order valence-electron chi connectivity index (χ0n) is 13.9. The molecule has 1 atom stereocenters. The Morgan fingerprint density at radius 1 is 1.29 bits per heavy atom. The molecule has 1 fully saturated rings. The van der Waals surface area contributed by atoms with Gasteiger partial charge in [-0.1, -0.05) is 6.08 Å². The van der Waals surface area contributed by atoms with E-state index in [4.69, 9.17) is 0 Å². The molecule has 1 aromatic heterocycles. The number of nitrogens with zero attached hydrogens (tertiary/aromatic N) is 3. The zero-order chi connectivity index (χ0) is 17.2. The van der Waals surface area contributed by atoms with Crippen LogP contribution in [0.15, 0.2) is 29.9 Å². The third-order valence-corrected chi connectivity index (χ3v) is 6.09. The average molecular weight is 349 g/mol. The number of carbonyl (C=O) groups is 1. The molecule has 0 aliphatic carbocycles. The van der Waals surface area contributed by atoms with Crippen LogP contribution >= 0.6 is 0 Å². The van der Waals surface area contributed by atoms with Crippen molar-refractivity contribution in [1.29, 1.82) is 0 Å². The molecule has 1 saturated heterocycles. The summed E-state index contributed by atoms with van der Waals surface area (Å²) in [6, 6.07) is 2.01. The zero-order valence-corrected chi connectivity index (χ0v) is 14.7. The lowest BCUT2D eigenvalue weighted by Crippen LogP contribution is -2.36. The highest BCUT2D eigenvalue weighted by molar-refractivity contribution is 7.94. The molecule has 0 saturated carbocycles. The van der Waals surface area contributed by atoms with Gasteiger partial charge in [-0.25, -0.2) is 8.42 Å². The van der Waals surface area contributed by atoms with Crippen LogP contribution in [0.1, 0.15) is 18.4 Å². The van der Waals surface area contributed by atoms with E-state index in [1.165, 1.54) is 11.1 Å². The molecule has 3 rings (SSSR count). The van der Waals surface area contributed by atoms with Gasteiger partial charge >= 0.3 is 0 Å². The van der Waals surface area contributed by atoms with Crippen molar-refractivity contribution in [1.82, 2.24) is 9.88 Å². The second kappa shape index (κ2) is 6.93. The highest BCUT2D eigenvalue weighted by Crippen LogP contribution is 2.22. The summed E-state index contributed by atoms with van der Waals surface area (Å²) in [5, 5.41) is 1.24. The number of amides is 1. The molecule has 1 unspecified atom stereocenters. The first kappa shape index (κ1) is 17.0. The van der Waals surface area contributed by atoms with E-state index < -0.39 is 9.84 Å². The molecule has 0 aromatic carbocycles. The second-order valence-corrected chi connectivity index (χ2v) is 8.44. The van der Waals surface area contributed by atoms with Crippen molar-refractivity contribution in [3.63, 3.8) is 0 Å². The van der Waals surface area contributed by atoms with E-state index >= 15 is 0 Å². The molecule has 24 heavy (non-hydrogen) atoms. The lowest BCUT2D eigenvalue weighted by molar-refractivity contribution is -0.131. The van der Waals surface area contributed by atoms with E-state index in [2.05, 4.69) is 9.88 Å². The number of rotatable bonds is 3. The van der Waals surface area contributed by atoms with E-state index in [9.17, 15) is 13.2 Å². The molecular formula is C17H23N3O3S. The Morgan fingerprint density at radius 2 is 2.12 bits per heavy atom. The van der Waals surface area contributed by atoms with Gasteiger partial charge in [-0.15, -0.1) is 0 Å². The van der Waals surface area contributed by atoms with Gasteiger partial charge in [0.05, 0.1) is 5.75 Å². The number of pyridine rings is 1. The molecule has 130 valence electrons. The van der Waals surface area contributed by atoms with Crippen molar-refractivity contribution in [2.75, 3.05) is 36.8 Å². The standard InChI is InChI=1S/C17H23N3O3S/c1-14-12-18-5-3-16(14)19-6-2-7-20(9-8-19)17(21)11-15-4-10-24(22,23)13-15/h3-5,10,12,15H,2,6-9,11,13H2,1H3. The van der Waals surface area contributed by atoms with Crippen LogP contribution in [0.3, 0.4) is 0 Å². The van der Waals surface area contributed by atoms with Crippen LogP contribution in [0.5, 0.6) is 0 Å². The molecule has 0 spiro atoms. The summed E-state index contributed by atoms with van der Waals surface area (Å²) in [6.45, 7) is 5.14. The van der Waals surface area contributed by atoms with Crippen LogP contribution in [-0.2, 0) is 14.6 Å². The summed E-state index contributed by atoms with van der Waals surface area (Å²) in [4.78, 5) is 20.8. The minimum absolute atomic E-state index is 0.0510. The topological polar surface area (TPSA) is 70.6 Å². The lowest BCUT2D eigenvalue weighted by atomic mass is 10.1. The van der Waals surface area contributed by atoms with E-state index in [0.29, 0.717) is 6.54 Å². The van der Waals surface area contributed by atoms with E-state index in [1.54, 1.807) is 12.3 Å². The van der Waals surface area contributed by atoms with E-state index in [0.717, 1.165) is 31.6 Å². The first-order valence-corrected chi connectivity index (χ1v) is 10.0. The molecule has 3 heterocycles. The summed E-state index contributed by atoms with van der Waals surface area (Å²) in [7, 11) is -3.09. The summed E-state index contributed by atoms with van der Waals surface area (Å²) >= 11 is 0. The van der Waals surface area contributed by atoms with Crippen LogP contribution in [0.2, 0.25) is 0 Å². The Labute approximate surface area is 143 Å². The summed E-state index contributed by atoms with van der Waals surface area (Å²) in [5.74, 6) is -0.0612. The van der Waals surface area contributed by atoms with E-state index in [-0.39, 0.29) is 24.0 Å². The number of anilines is 1. The third kappa shape index (κ3) is 3.95. The van der Waals surface area contributed by atoms with Gasteiger partial charge in [0.1, 0.15) is 0 Å². The van der Waals surface area contributed by atoms with Crippen LogP contribution in [0.25, 0.3) is 0 Å². The molecule has 2 aliphatic heterocycles. The van der Waals surface area contributed by atoms with Crippen molar-refractivity contribution in [2.24, 2.45) is 5.92 Å². The minimum Gasteiger partial charge on any atom is -0.369 e. The molecule has 1 aromatic rings. The summed E-state index contributed by atoms with van der Waals surface area (Å²) < 4.78 is 22.9. The Kier molecular flexibility index (Phi) is 4.89. The fourth-order valence-corrected chi connectivity index (χ4v) is 4.75. The predicted molar refractivity (Wildman–Crippen MR) is 93.4 cm³/mol. The van der Waals surface area contributed by atoms with Gasteiger partial charge in [0.25, 0.3) is 0 Å². The van der Waals surface area contributed by atoms with Gasteiger partial charge in [-0.05, 0) is 25.0 Å². The van der Waals surface area contributed by atoms with Crippen LogP contribution < -0.4 is 4.90 Å². The number of aromatic nitrogens is 1. The quantitative estimate of drug-likeness (QED) is 0.824. The normalized spacial score (nSPS) is 23.3.